The maximum absolute atomic E-state index is 11.4. The molecule has 1 saturated heterocycles. The number of hydrogen-bond acceptors (Lipinski definition) is 6. The summed E-state index contributed by atoms with van der Waals surface area (Å²) < 4.78 is 0.987. The van der Waals surface area contributed by atoms with E-state index >= 15 is 0 Å². The Labute approximate surface area is 131 Å². The summed E-state index contributed by atoms with van der Waals surface area (Å²) >= 11 is 5.87. The van der Waals surface area contributed by atoms with E-state index in [1.165, 1.54) is 11.3 Å². The number of nitrogens with one attached hydrogen (secondary N) is 1. The second-order valence-corrected chi connectivity index (χ2v) is 7.55. The maximum Gasteiger partial charge on any atom is 0.317 e. The first-order chi connectivity index (χ1) is 9.45. The summed E-state index contributed by atoms with van der Waals surface area (Å²) in [7, 11) is 0. The van der Waals surface area contributed by atoms with Gasteiger partial charge in [0, 0.05) is 6.42 Å². The van der Waals surface area contributed by atoms with E-state index in [4.69, 9.17) is 5.11 Å². The Morgan fingerprint density at radius 3 is 2.90 bits per heavy atom. The molecule has 0 radical (unpaired) electrons. The molecule has 20 heavy (non-hydrogen) atoms. The molecule has 0 saturated carbocycles. The second-order valence-electron chi connectivity index (χ2n) is 3.89. The molecule has 2 N–H and O–H groups in total. The molecule has 0 bridgehead atoms. The average molecular weight is 376 g/mol. The normalized spacial score (nSPS) is 21.9. The molecule has 2 heterocycles. The van der Waals surface area contributed by atoms with Crippen LogP contribution in [0.4, 0.5) is 0 Å². The minimum absolute atomic E-state index is 0.0560. The van der Waals surface area contributed by atoms with Gasteiger partial charge in [0.25, 0.3) is 0 Å². The van der Waals surface area contributed by atoms with Crippen LogP contribution in [0.3, 0.4) is 0 Å². The Morgan fingerprint density at radius 1 is 1.55 bits per heavy atom. The molecule has 1 aliphatic heterocycles. The monoisotopic (exact) mass is 375 g/mol. The number of amides is 1. The third-order valence-corrected chi connectivity index (χ3v) is 5.16. The van der Waals surface area contributed by atoms with Crippen LogP contribution in [0.5, 0.6) is 0 Å². The fraction of sp³-hybridized carbons (Fsp3) is 0.273. The van der Waals surface area contributed by atoms with Crippen LogP contribution in [0.25, 0.3) is 0 Å². The molecule has 1 atom stereocenters. The van der Waals surface area contributed by atoms with Crippen molar-refractivity contribution in [3.8, 4) is 0 Å². The lowest BCUT2D eigenvalue weighted by Crippen LogP contribution is -2.40. The van der Waals surface area contributed by atoms with Crippen LogP contribution in [0.2, 0.25) is 0 Å². The molecule has 6 nitrogen and oxygen atoms in total. The molecule has 1 amide bonds. The summed E-state index contributed by atoms with van der Waals surface area (Å²) in [6, 6.07) is 3.81. The van der Waals surface area contributed by atoms with Crippen molar-refractivity contribution in [1.29, 1.82) is 0 Å². The zero-order chi connectivity index (χ0) is 14.7. The minimum atomic E-state index is -1.03. The van der Waals surface area contributed by atoms with E-state index in [0.29, 0.717) is 5.71 Å². The molecular formula is C11H10BrN3O3S2. The van der Waals surface area contributed by atoms with Crippen molar-refractivity contribution in [1.82, 2.24) is 5.32 Å². The fourth-order valence-corrected chi connectivity index (χ4v) is 3.60. The van der Waals surface area contributed by atoms with Crippen molar-refractivity contribution in [2.24, 2.45) is 10.2 Å². The lowest BCUT2D eigenvalue weighted by molar-refractivity contribution is -0.138. The summed E-state index contributed by atoms with van der Waals surface area (Å²) in [5.74, 6) is -1.39. The standard InChI is InChI=1S/C11H10BrN3O3S2/c1-5(6-2-3-8(12)19-6)14-15-11-13-9(16)4-7(20-11)10(17)18/h2-3,7H,4H2,1H3,(H,17,18)(H,13,15,16). The van der Waals surface area contributed by atoms with Crippen LogP contribution in [0, 0.1) is 0 Å². The molecule has 9 heteroatoms. The van der Waals surface area contributed by atoms with Gasteiger partial charge in [0.15, 0.2) is 5.17 Å². The van der Waals surface area contributed by atoms with Crippen molar-refractivity contribution in [2.75, 3.05) is 0 Å². The van der Waals surface area contributed by atoms with Gasteiger partial charge in [-0.05, 0) is 35.0 Å². The third kappa shape index (κ3) is 3.90. The van der Waals surface area contributed by atoms with Crippen LogP contribution >= 0.6 is 39.0 Å². The van der Waals surface area contributed by atoms with E-state index in [9.17, 15) is 9.59 Å². The maximum atomic E-state index is 11.4. The second kappa shape index (κ2) is 6.51. The summed E-state index contributed by atoms with van der Waals surface area (Å²) in [5.41, 5.74) is 0.695. The zero-order valence-corrected chi connectivity index (χ0v) is 13.5. The van der Waals surface area contributed by atoms with Gasteiger partial charge < -0.3 is 10.4 Å². The van der Waals surface area contributed by atoms with Crippen LogP contribution in [0.1, 0.15) is 18.2 Å². The molecule has 1 unspecified atom stereocenters. The van der Waals surface area contributed by atoms with E-state index in [-0.39, 0.29) is 17.5 Å². The molecule has 1 fully saturated rings. The number of carbonyl (C=O) groups excluding carboxylic acids is 1. The largest absolute Gasteiger partial charge is 0.480 e. The molecular weight excluding hydrogens is 366 g/mol. The van der Waals surface area contributed by atoms with Gasteiger partial charge in [-0.3, -0.25) is 9.59 Å². The van der Waals surface area contributed by atoms with Crippen molar-refractivity contribution < 1.29 is 14.7 Å². The number of carboxylic acid groups (broad SMARTS) is 1. The molecule has 1 aliphatic rings. The van der Waals surface area contributed by atoms with E-state index in [1.807, 2.05) is 12.1 Å². The highest BCUT2D eigenvalue weighted by Gasteiger charge is 2.29. The predicted molar refractivity (Wildman–Crippen MR) is 83.4 cm³/mol. The molecule has 106 valence electrons. The summed E-state index contributed by atoms with van der Waals surface area (Å²) in [4.78, 5) is 23.2. The molecule has 1 aromatic heterocycles. The first-order valence-electron chi connectivity index (χ1n) is 5.53. The number of thiophene rings is 1. The lowest BCUT2D eigenvalue weighted by Gasteiger charge is -2.18. The number of thioether (sulfide) groups is 1. The van der Waals surface area contributed by atoms with E-state index < -0.39 is 11.2 Å². The Morgan fingerprint density at radius 2 is 2.30 bits per heavy atom. The minimum Gasteiger partial charge on any atom is -0.480 e. The van der Waals surface area contributed by atoms with E-state index in [0.717, 1.165) is 20.4 Å². The van der Waals surface area contributed by atoms with Gasteiger partial charge >= 0.3 is 5.97 Å². The van der Waals surface area contributed by atoms with E-state index in [2.05, 4.69) is 31.4 Å². The van der Waals surface area contributed by atoms with Crippen LogP contribution in [-0.2, 0) is 9.59 Å². The average Bonchev–Trinajstić information content (AvgIpc) is 2.82. The fourth-order valence-electron chi connectivity index (χ4n) is 1.41. The number of carbonyl (C=O) groups is 2. The Bertz CT molecular complexity index is 612. The smallest absolute Gasteiger partial charge is 0.317 e. The first-order valence-corrected chi connectivity index (χ1v) is 8.02. The van der Waals surface area contributed by atoms with Gasteiger partial charge in [0.2, 0.25) is 5.91 Å². The number of nitrogens with zero attached hydrogens (tertiary/aromatic N) is 2. The number of carboxylic acids is 1. The lowest BCUT2D eigenvalue weighted by atomic mass is 10.3. The number of rotatable bonds is 3. The van der Waals surface area contributed by atoms with Crippen LogP contribution in [0.15, 0.2) is 26.1 Å². The van der Waals surface area contributed by atoms with E-state index in [1.54, 1.807) is 6.92 Å². The third-order valence-electron chi connectivity index (χ3n) is 2.37. The summed E-state index contributed by atoms with van der Waals surface area (Å²) in [5, 5.41) is 18.8. The molecule has 0 aliphatic carbocycles. The van der Waals surface area contributed by atoms with Crippen molar-refractivity contribution in [2.45, 2.75) is 18.6 Å². The van der Waals surface area contributed by atoms with Gasteiger partial charge in [-0.25, -0.2) is 0 Å². The molecule has 2 rings (SSSR count). The Balaban J connectivity index is 2.13. The highest BCUT2D eigenvalue weighted by atomic mass is 79.9. The molecule has 0 aromatic carbocycles. The van der Waals surface area contributed by atoms with Gasteiger partial charge in [-0.2, -0.15) is 5.10 Å². The topological polar surface area (TPSA) is 91.1 Å². The van der Waals surface area contributed by atoms with Crippen LogP contribution in [-0.4, -0.2) is 33.1 Å². The van der Waals surface area contributed by atoms with Crippen molar-refractivity contribution in [3.05, 3.63) is 20.8 Å². The predicted octanol–water partition coefficient (Wildman–Crippen LogP) is 2.30. The van der Waals surface area contributed by atoms with Gasteiger partial charge in [-0.15, -0.1) is 16.4 Å². The number of aliphatic carboxylic acids is 1. The number of hydrogen-bond donors (Lipinski definition) is 2. The number of amidine groups is 1. The zero-order valence-electron chi connectivity index (χ0n) is 10.3. The van der Waals surface area contributed by atoms with Gasteiger partial charge in [-0.1, -0.05) is 11.8 Å². The Kier molecular flexibility index (Phi) is 4.95. The number of halogens is 1. The van der Waals surface area contributed by atoms with Crippen molar-refractivity contribution >= 4 is 61.8 Å². The summed E-state index contributed by atoms with van der Waals surface area (Å²) in [6.07, 6.45) is -0.0560. The molecule has 0 spiro atoms. The first kappa shape index (κ1) is 15.2. The highest BCUT2D eigenvalue weighted by molar-refractivity contribution is 9.11. The SMILES string of the molecule is CC(=N/N=C1\NC(=O)CC(C(=O)O)S1)c1ccc(Br)s1. The van der Waals surface area contributed by atoms with Gasteiger partial charge in [0.1, 0.15) is 5.25 Å². The summed E-state index contributed by atoms with van der Waals surface area (Å²) in [6.45, 7) is 1.80. The highest BCUT2D eigenvalue weighted by Crippen LogP contribution is 2.23. The Hall–Kier alpha value is -1.19. The quantitative estimate of drug-likeness (QED) is 0.626. The van der Waals surface area contributed by atoms with Crippen LogP contribution < -0.4 is 5.32 Å². The van der Waals surface area contributed by atoms with Gasteiger partial charge in [0.05, 0.1) is 14.4 Å². The van der Waals surface area contributed by atoms with Crippen molar-refractivity contribution in [3.63, 3.8) is 0 Å². The molecule has 1 aromatic rings.